The van der Waals surface area contributed by atoms with Gasteiger partial charge in [0.1, 0.15) is 17.2 Å². The molecular weight excluding hydrogens is 266 g/mol. The van der Waals surface area contributed by atoms with Gasteiger partial charge in [-0.2, -0.15) is 0 Å². The number of methoxy groups -OCH3 is 1. The minimum Gasteiger partial charge on any atom is -0.508 e. The molecule has 0 radical (unpaired) electrons. The first-order valence-electron chi connectivity index (χ1n) is 6.92. The maximum atomic E-state index is 9.55. The zero-order valence-electron chi connectivity index (χ0n) is 12.5. The zero-order chi connectivity index (χ0) is 15.4. The minimum atomic E-state index is 0.0000941. The number of phenolic OH excluding ortho intramolecular Hbond substituents is 2. The summed E-state index contributed by atoms with van der Waals surface area (Å²) in [6.45, 7) is 4.06. The second-order valence-corrected chi connectivity index (χ2v) is 5.17. The van der Waals surface area contributed by atoms with Crippen molar-refractivity contribution >= 4 is 0 Å². The number of hydrogen-bond donors (Lipinski definition) is 3. The van der Waals surface area contributed by atoms with E-state index in [1.54, 1.807) is 19.2 Å². The van der Waals surface area contributed by atoms with Gasteiger partial charge < -0.3 is 20.3 Å². The van der Waals surface area contributed by atoms with E-state index in [0.717, 1.165) is 16.9 Å². The highest BCUT2D eigenvalue weighted by Gasteiger charge is 2.12. The third-order valence-corrected chi connectivity index (χ3v) is 3.54. The second-order valence-electron chi connectivity index (χ2n) is 5.17. The fourth-order valence-corrected chi connectivity index (χ4v) is 2.33. The quantitative estimate of drug-likeness (QED) is 0.787. The lowest BCUT2D eigenvalue weighted by Crippen LogP contribution is -2.22. The van der Waals surface area contributed by atoms with Crippen LogP contribution in [0, 0.1) is 0 Å². The van der Waals surface area contributed by atoms with Crippen LogP contribution in [0.4, 0.5) is 0 Å². The van der Waals surface area contributed by atoms with Crippen LogP contribution < -0.4 is 10.1 Å². The highest BCUT2D eigenvalue weighted by Crippen LogP contribution is 2.27. The van der Waals surface area contributed by atoms with Gasteiger partial charge in [-0.05, 0) is 49.2 Å². The molecule has 4 heteroatoms. The Hall–Kier alpha value is -2.20. The van der Waals surface area contributed by atoms with Crippen LogP contribution in [-0.4, -0.2) is 17.3 Å². The number of hydrogen-bond acceptors (Lipinski definition) is 4. The molecule has 2 atom stereocenters. The van der Waals surface area contributed by atoms with Gasteiger partial charge in [-0.1, -0.05) is 12.1 Å². The minimum absolute atomic E-state index is 0.0000941. The fourth-order valence-electron chi connectivity index (χ4n) is 2.33. The Bertz CT molecular complexity index is 575. The summed E-state index contributed by atoms with van der Waals surface area (Å²) in [6.07, 6.45) is 0. The highest BCUT2D eigenvalue weighted by molar-refractivity contribution is 5.38. The van der Waals surface area contributed by atoms with E-state index in [-0.39, 0.29) is 23.6 Å². The van der Waals surface area contributed by atoms with E-state index in [1.807, 2.05) is 31.2 Å². The molecule has 0 fully saturated rings. The van der Waals surface area contributed by atoms with Crippen LogP contribution in [0.2, 0.25) is 0 Å². The predicted octanol–water partition coefficient (Wildman–Crippen LogP) is 3.52. The van der Waals surface area contributed by atoms with Gasteiger partial charge >= 0.3 is 0 Å². The zero-order valence-corrected chi connectivity index (χ0v) is 12.5. The number of benzene rings is 2. The van der Waals surface area contributed by atoms with E-state index in [4.69, 9.17) is 4.74 Å². The maximum Gasteiger partial charge on any atom is 0.119 e. The fraction of sp³-hybridized carbons (Fsp3) is 0.294. The molecular formula is C17H21NO3. The Kier molecular flexibility index (Phi) is 4.70. The molecule has 112 valence electrons. The van der Waals surface area contributed by atoms with Crippen LogP contribution in [0.5, 0.6) is 17.2 Å². The molecule has 0 amide bonds. The normalized spacial score (nSPS) is 13.7. The third-order valence-electron chi connectivity index (χ3n) is 3.54. The summed E-state index contributed by atoms with van der Waals surface area (Å²) in [6, 6.07) is 12.7. The molecule has 2 aromatic carbocycles. The van der Waals surface area contributed by atoms with Gasteiger partial charge in [0.25, 0.3) is 0 Å². The molecule has 0 aliphatic heterocycles. The van der Waals surface area contributed by atoms with E-state index in [1.165, 1.54) is 6.07 Å². The van der Waals surface area contributed by atoms with Gasteiger partial charge in [0.15, 0.2) is 0 Å². The van der Waals surface area contributed by atoms with Crippen LogP contribution in [-0.2, 0) is 0 Å². The van der Waals surface area contributed by atoms with Gasteiger partial charge in [-0.3, -0.25) is 0 Å². The average molecular weight is 287 g/mol. The van der Waals surface area contributed by atoms with Crippen molar-refractivity contribution in [3.63, 3.8) is 0 Å². The molecule has 0 aliphatic carbocycles. The molecule has 2 aromatic rings. The van der Waals surface area contributed by atoms with E-state index in [2.05, 4.69) is 12.2 Å². The number of ether oxygens (including phenoxy) is 1. The number of phenols is 2. The van der Waals surface area contributed by atoms with Crippen molar-refractivity contribution in [3.8, 4) is 17.2 Å². The molecule has 0 bridgehead atoms. The topological polar surface area (TPSA) is 61.7 Å². The first kappa shape index (κ1) is 15.2. The van der Waals surface area contributed by atoms with Crippen molar-refractivity contribution in [2.24, 2.45) is 0 Å². The van der Waals surface area contributed by atoms with Crippen molar-refractivity contribution in [1.29, 1.82) is 0 Å². The van der Waals surface area contributed by atoms with Crippen LogP contribution in [0.1, 0.15) is 37.1 Å². The number of aromatic hydroxyl groups is 2. The van der Waals surface area contributed by atoms with Crippen LogP contribution in [0.25, 0.3) is 0 Å². The molecule has 0 heterocycles. The van der Waals surface area contributed by atoms with Gasteiger partial charge in [0.2, 0.25) is 0 Å². The van der Waals surface area contributed by atoms with Crippen LogP contribution in [0.3, 0.4) is 0 Å². The van der Waals surface area contributed by atoms with Crippen molar-refractivity contribution < 1.29 is 14.9 Å². The highest BCUT2D eigenvalue weighted by atomic mass is 16.5. The monoisotopic (exact) mass is 287 g/mol. The van der Waals surface area contributed by atoms with E-state index >= 15 is 0 Å². The lowest BCUT2D eigenvalue weighted by molar-refractivity contribution is 0.414. The summed E-state index contributed by atoms with van der Waals surface area (Å²) in [5.74, 6) is 0.961. The summed E-state index contributed by atoms with van der Waals surface area (Å²) in [5, 5.41) is 22.5. The van der Waals surface area contributed by atoms with Gasteiger partial charge in [-0.25, -0.2) is 0 Å². The van der Waals surface area contributed by atoms with E-state index in [9.17, 15) is 10.2 Å². The van der Waals surface area contributed by atoms with E-state index < -0.39 is 0 Å². The smallest absolute Gasteiger partial charge is 0.119 e. The van der Waals surface area contributed by atoms with Crippen LogP contribution in [0.15, 0.2) is 42.5 Å². The second kappa shape index (κ2) is 6.50. The Morgan fingerprint density at radius 2 is 1.38 bits per heavy atom. The molecule has 0 saturated heterocycles. The number of nitrogens with one attached hydrogen (secondary N) is 1. The SMILES string of the molecule is COc1ccc(C(C)NC(C)c2cc(O)cc(O)c2)cc1. The largest absolute Gasteiger partial charge is 0.508 e. The standard InChI is InChI=1S/C17H21NO3/c1-11(13-4-6-17(21-3)7-5-13)18-12(2)14-8-15(19)10-16(20)9-14/h4-12,18-20H,1-3H3. The molecule has 21 heavy (non-hydrogen) atoms. The molecule has 2 rings (SSSR count). The Balaban J connectivity index is 2.08. The summed E-state index contributed by atoms with van der Waals surface area (Å²) < 4.78 is 5.15. The van der Waals surface area contributed by atoms with Crippen molar-refractivity contribution in [3.05, 3.63) is 53.6 Å². The lowest BCUT2D eigenvalue weighted by atomic mass is 10.0. The van der Waals surface area contributed by atoms with Gasteiger partial charge in [-0.15, -0.1) is 0 Å². The summed E-state index contributed by atoms with van der Waals surface area (Å²) in [4.78, 5) is 0. The average Bonchev–Trinajstić information content (AvgIpc) is 2.46. The van der Waals surface area contributed by atoms with Gasteiger partial charge in [0.05, 0.1) is 7.11 Å². The lowest BCUT2D eigenvalue weighted by Gasteiger charge is -2.21. The van der Waals surface area contributed by atoms with Crippen LogP contribution >= 0.6 is 0 Å². The summed E-state index contributed by atoms with van der Waals surface area (Å²) >= 11 is 0. The molecule has 0 saturated carbocycles. The molecule has 0 aliphatic rings. The third kappa shape index (κ3) is 3.89. The van der Waals surface area contributed by atoms with Gasteiger partial charge in [0, 0.05) is 18.2 Å². The first-order valence-corrected chi connectivity index (χ1v) is 6.92. The molecule has 0 aromatic heterocycles. The first-order chi connectivity index (χ1) is 9.99. The molecule has 2 unspecified atom stereocenters. The Labute approximate surface area is 125 Å². The Morgan fingerprint density at radius 3 is 1.90 bits per heavy atom. The molecule has 4 nitrogen and oxygen atoms in total. The number of rotatable bonds is 5. The Morgan fingerprint density at radius 1 is 0.857 bits per heavy atom. The van der Waals surface area contributed by atoms with E-state index in [0.29, 0.717) is 0 Å². The molecule has 3 N–H and O–H groups in total. The van der Waals surface area contributed by atoms with Crippen molar-refractivity contribution in [2.75, 3.05) is 7.11 Å². The summed E-state index contributed by atoms with van der Waals surface area (Å²) in [5.41, 5.74) is 1.99. The maximum absolute atomic E-state index is 9.55. The molecule has 0 spiro atoms. The predicted molar refractivity (Wildman–Crippen MR) is 82.7 cm³/mol. The van der Waals surface area contributed by atoms with Crippen molar-refractivity contribution in [2.45, 2.75) is 25.9 Å². The van der Waals surface area contributed by atoms with Crippen molar-refractivity contribution in [1.82, 2.24) is 5.32 Å². The summed E-state index contributed by atoms with van der Waals surface area (Å²) in [7, 11) is 1.65.